The summed E-state index contributed by atoms with van der Waals surface area (Å²) in [6, 6.07) is 4.87. The van der Waals surface area contributed by atoms with Crippen molar-refractivity contribution in [2.24, 2.45) is 5.92 Å². The van der Waals surface area contributed by atoms with Crippen molar-refractivity contribution >= 4 is 10.0 Å². The van der Waals surface area contributed by atoms with Gasteiger partial charge in [-0.2, -0.15) is 0 Å². The van der Waals surface area contributed by atoms with Crippen LogP contribution in [0, 0.1) is 5.92 Å². The Kier molecular flexibility index (Phi) is 6.69. The number of fused-ring (bicyclic) bond motifs is 1. The largest absolute Gasteiger partial charge is 0.497 e. The fourth-order valence-corrected chi connectivity index (χ4v) is 4.11. The van der Waals surface area contributed by atoms with Gasteiger partial charge in [0.2, 0.25) is 10.0 Å². The van der Waals surface area contributed by atoms with Crippen molar-refractivity contribution in [1.82, 2.24) is 4.31 Å². The molecule has 0 amide bonds. The minimum absolute atomic E-state index is 0.200. The molecule has 1 aliphatic rings. The van der Waals surface area contributed by atoms with E-state index < -0.39 is 10.0 Å². The summed E-state index contributed by atoms with van der Waals surface area (Å²) in [5.41, 5.74) is 0. The SMILES string of the molecule is COc1ccc2c(c1)OCCCC/C=C/C[C@H](C)CN(C)S2(=O)=O. The molecule has 0 bridgehead atoms. The van der Waals surface area contributed by atoms with Gasteiger partial charge in [-0.15, -0.1) is 0 Å². The molecule has 0 aliphatic carbocycles. The Labute approximate surface area is 145 Å². The highest BCUT2D eigenvalue weighted by molar-refractivity contribution is 7.89. The summed E-state index contributed by atoms with van der Waals surface area (Å²) < 4.78 is 38.2. The van der Waals surface area contributed by atoms with E-state index in [1.165, 1.54) is 4.31 Å². The van der Waals surface area contributed by atoms with Crippen molar-refractivity contribution in [3.63, 3.8) is 0 Å². The van der Waals surface area contributed by atoms with E-state index in [9.17, 15) is 8.42 Å². The molecule has 5 nitrogen and oxygen atoms in total. The van der Waals surface area contributed by atoms with E-state index in [1.54, 1.807) is 32.4 Å². The summed E-state index contributed by atoms with van der Waals surface area (Å²) in [6.07, 6.45) is 8.13. The summed E-state index contributed by atoms with van der Waals surface area (Å²) in [7, 11) is -0.423. The van der Waals surface area contributed by atoms with E-state index in [0.717, 1.165) is 25.7 Å². The molecular formula is C18H27NO4S. The molecule has 0 saturated carbocycles. The molecular weight excluding hydrogens is 326 g/mol. The van der Waals surface area contributed by atoms with Crippen LogP contribution >= 0.6 is 0 Å². The molecule has 0 saturated heterocycles. The molecule has 0 N–H and O–H groups in total. The van der Waals surface area contributed by atoms with Crippen LogP contribution in [0.25, 0.3) is 0 Å². The Morgan fingerprint density at radius 1 is 1.25 bits per heavy atom. The van der Waals surface area contributed by atoms with E-state index in [4.69, 9.17) is 9.47 Å². The van der Waals surface area contributed by atoms with Crippen LogP contribution in [0.2, 0.25) is 0 Å². The first kappa shape index (κ1) is 18.8. The highest BCUT2D eigenvalue weighted by Crippen LogP contribution is 2.31. The van der Waals surface area contributed by atoms with Gasteiger partial charge in [0.15, 0.2) is 0 Å². The summed E-state index contributed by atoms with van der Waals surface area (Å²) in [6.45, 7) is 3.02. The Bertz CT molecular complexity index is 670. The first-order valence-corrected chi connectivity index (χ1v) is 9.81. The third kappa shape index (κ3) is 4.74. The molecule has 0 spiro atoms. The normalized spacial score (nSPS) is 24.2. The van der Waals surface area contributed by atoms with Gasteiger partial charge in [-0.25, -0.2) is 12.7 Å². The van der Waals surface area contributed by atoms with E-state index >= 15 is 0 Å². The number of allylic oxidation sites excluding steroid dienone is 2. The van der Waals surface area contributed by atoms with Crippen LogP contribution in [0.1, 0.15) is 32.6 Å². The number of rotatable bonds is 1. The van der Waals surface area contributed by atoms with Crippen LogP contribution in [-0.2, 0) is 10.0 Å². The van der Waals surface area contributed by atoms with Crippen LogP contribution < -0.4 is 9.47 Å². The van der Waals surface area contributed by atoms with Gasteiger partial charge >= 0.3 is 0 Å². The Hall–Kier alpha value is -1.53. The average Bonchev–Trinajstić information content (AvgIpc) is 2.56. The van der Waals surface area contributed by atoms with Crippen molar-refractivity contribution in [2.45, 2.75) is 37.5 Å². The second-order valence-electron chi connectivity index (χ2n) is 6.25. The van der Waals surface area contributed by atoms with Crippen LogP contribution in [-0.4, -0.2) is 40.0 Å². The molecule has 1 aromatic rings. The van der Waals surface area contributed by atoms with Gasteiger partial charge in [0.1, 0.15) is 16.4 Å². The van der Waals surface area contributed by atoms with Crippen LogP contribution in [0.15, 0.2) is 35.2 Å². The standard InChI is InChI=1S/C18H27NO4S/c1-15-9-7-5-4-6-8-12-23-17-13-16(22-3)10-11-18(17)24(20,21)19(2)14-15/h5,7,10-11,13,15H,4,6,8-9,12,14H2,1-3H3/b7-5+/t15-/m0/s1. The molecule has 134 valence electrons. The second kappa shape index (κ2) is 8.53. The van der Waals surface area contributed by atoms with Crippen molar-refractivity contribution in [2.75, 3.05) is 27.3 Å². The number of sulfonamides is 1. The summed E-state index contributed by atoms with van der Waals surface area (Å²) in [5.74, 6) is 1.21. The number of hydrogen-bond acceptors (Lipinski definition) is 4. The molecule has 0 aromatic heterocycles. The lowest BCUT2D eigenvalue weighted by atomic mass is 10.1. The molecule has 1 heterocycles. The highest BCUT2D eigenvalue weighted by Gasteiger charge is 2.26. The fraction of sp³-hybridized carbons (Fsp3) is 0.556. The molecule has 1 aromatic carbocycles. The van der Waals surface area contributed by atoms with Crippen molar-refractivity contribution < 1.29 is 17.9 Å². The van der Waals surface area contributed by atoms with E-state index in [0.29, 0.717) is 24.7 Å². The smallest absolute Gasteiger partial charge is 0.246 e. The Morgan fingerprint density at radius 2 is 2.04 bits per heavy atom. The molecule has 6 heteroatoms. The quantitative estimate of drug-likeness (QED) is 0.726. The average molecular weight is 353 g/mol. The first-order valence-electron chi connectivity index (χ1n) is 8.37. The maximum atomic E-state index is 12.9. The van der Waals surface area contributed by atoms with E-state index in [1.807, 2.05) is 0 Å². The molecule has 0 unspecified atom stereocenters. The molecule has 2 rings (SSSR count). The Balaban J connectivity index is 2.37. The fourth-order valence-electron chi connectivity index (χ4n) is 2.71. The number of benzene rings is 1. The van der Waals surface area contributed by atoms with Gasteiger partial charge in [-0.3, -0.25) is 0 Å². The predicted molar refractivity (Wildman–Crippen MR) is 95.1 cm³/mol. The van der Waals surface area contributed by atoms with Crippen LogP contribution in [0.5, 0.6) is 11.5 Å². The van der Waals surface area contributed by atoms with Crippen LogP contribution in [0.3, 0.4) is 0 Å². The third-order valence-corrected chi connectivity index (χ3v) is 6.00. The molecule has 1 atom stereocenters. The van der Waals surface area contributed by atoms with Gasteiger partial charge < -0.3 is 9.47 Å². The number of methoxy groups -OCH3 is 1. The second-order valence-corrected chi connectivity index (χ2v) is 8.27. The first-order chi connectivity index (χ1) is 11.4. The zero-order valence-corrected chi connectivity index (χ0v) is 15.5. The minimum atomic E-state index is -3.60. The van der Waals surface area contributed by atoms with Gasteiger partial charge in [0, 0.05) is 19.7 Å². The zero-order valence-electron chi connectivity index (χ0n) is 14.7. The number of nitrogens with zero attached hydrogens (tertiary/aromatic N) is 1. The molecule has 0 radical (unpaired) electrons. The summed E-state index contributed by atoms with van der Waals surface area (Å²) in [5, 5.41) is 0. The maximum absolute atomic E-state index is 12.9. The van der Waals surface area contributed by atoms with Gasteiger partial charge in [0.25, 0.3) is 0 Å². The van der Waals surface area contributed by atoms with Crippen LogP contribution in [0.4, 0.5) is 0 Å². The third-order valence-electron chi connectivity index (χ3n) is 4.14. The van der Waals surface area contributed by atoms with Gasteiger partial charge in [-0.05, 0) is 43.7 Å². The van der Waals surface area contributed by atoms with E-state index in [-0.39, 0.29) is 10.8 Å². The summed E-state index contributed by atoms with van der Waals surface area (Å²) >= 11 is 0. The van der Waals surface area contributed by atoms with Crippen molar-refractivity contribution in [1.29, 1.82) is 0 Å². The monoisotopic (exact) mass is 353 g/mol. The van der Waals surface area contributed by atoms with Gasteiger partial charge in [0.05, 0.1) is 13.7 Å². The van der Waals surface area contributed by atoms with E-state index in [2.05, 4.69) is 19.1 Å². The lowest BCUT2D eigenvalue weighted by molar-refractivity contribution is 0.295. The van der Waals surface area contributed by atoms with Crippen molar-refractivity contribution in [3.05, 3.63) is 30.4 Å². The lowest BCUT2D eigenvalue weighted by Gasteiger charge is -2.22. The summed E-state index contributed by atoms with van der Waals surface area (Å²) in [4.78, 5) is 0.200. The zero-order chi connectivity index (χ0) is 17.6. The molecule has 0 fully saturated rings. The minimum Gasteiger partial charge on any atom is -0.497 e. The lowest BCUT2D eigenvalue weighted by Crippen LogP contribution is -2.31. The predicted octanol–water partition coefficient (Wildman–Crippen LogP) is 3.46. The molecule has 1 aliphatic heterocycles. The highest BCUT2D eigenvalue weighted by atomic mass is 32.2. The van der Waals surface area contributed by atoms with Crippen molar-refractivity contribution in [3.8, 4) is 11.5 Å². The number of hydrogen-bond donors (Lipinski definition) is 0. The molecule has 24 heavy (non-hydrogen) atoms. The maximum Gasteiger partial charge on any atom is 0.246 e. The van der Waals surface area contributed by atoms with Gasteiger partial charge in [-0.1, -0.05) is 19.1 Å². The Morgan fingerprint density at radius 3 is 2.79 bits per heavy atom. The topological polar surface area (TPSA) is 55.8 Å². The number of ether oxygens (including phenoxy) is 2.